The van der Waals surface area contributed by atoms with Crippen molar-refractivity contribution in [2.75, 3.05) is 24.5 Å². The molecule has 0 atom stereocenters. The summed E-state index contributed by atoms with van der Waals surface area (Å²) in [5, 5.41) is 11.8. The second-order valence-electron chi connectivity index (χ2n) is 6.04. The number of aromatic hydroxyl groups is 1. The molecule has 0 radical (unpaired) electrons. The van der Waals surface area contributed by atoms with E-state index < -0.39 is 0 Å². The van der Waals surface area contributed by atoms with Crippen LogP contribution < -0.4 is 10.6 Å². The Morgan fingerprint density at radius 3 is 2.75 bits per heavy atom. The Morgan fingerprint density at radius 2 is 2.05 bits per heavy atom. The van der Waals surface area contributed by atoms with Crippen LogP contribution in [0.1, 0.15) is 19.8 Å². The van der Waals surface area contributed by atoms with Crippen molar-refractivity contribution in [3.05, 3.63) is 30.5 Å². The van der Waals surface area contributed by atoms with Crippen LogP contribution >= 0.6 is 0 Å². The lowest BCUT2D eigenvalue weighted by atomic mass is 9.80. The number of anilines is 1. The Labute approximate surface area is 119 Å². The minimum Gasteiger partial charge on any atom is -0.508 e. The first-order chi connectivity index (χ1) is 9.61. The Morgan fingerprint density at radius 1 is 1.30 bits per heavy atom. The minimum atomic E-state index is 0.253. The highest BCUT2D eigenvalue weighted by molar-refractivity contribution is 5.93. The molecule has 1 aromatic heterocycles. The predicted molar refractivity (Wildman–Crippen MR) is 82.0 cm³/mol. The van der Waals surface area contributed by atoms with Gasteiger partial charge in [0.2, 0.25) is 0 Å². The normalized spacial score (nSPS) is 18.4. The SMILES string of the molecule is CC1(CN)CCN(c2nccc3ccc(O)cc23)CC1. The van der Waals surface area contributed by atoms with E-state index >= 15 is 0 Å². The fraction of sp³-hybridized carbons (Fsp3) is 0.438. The molecule has 4 heteroatoms. The van der Waals surface area contributed by atoms with E-state index in [1.54, 1.807) is 12.1 Å². The Bertz CT molecular complexity index is 618. The number of fused-ring (bicyclic) bond motifs is 1. The van der Waals surface area contributed by atoms with E-state index in [9.17, 15) is 5.11 Å². The molecule has 1 aromatic carbocycles. The highest BCUT2D eigenvalue weighted by Crippen LogP contribution is 2.34. The van der Waals surface area contributed by atoms with Crippen LogP contribution in [0, 0.1) is 5.41 Å². The molecular formula is C16H21N3O. The molecule has 0 bridgehead atoms. The number of aromatic nitrogens is 1. The number of piperidine rings is 1. The average Bonchev–Trinajstić information content (AvgIpc) is 2.48. The molecule has 1 saturated heterocycles. The van der Waals surface area contributed by atoms with E-state index in [4.69, 9.17) is 5.73 Å². The number of pyridine rings is 1. The van der Waals surface area contributed by atoms with E-state index in [1.165, 1.54) is 0 Å². The molecule has 1 aliphatic rings. The molecule has 20 heavy (non-hydrogen) atoms. The maximum Gasteiger partial charge on any atom is 0.136 e. The molecule has 0 amide bonds. The van der Waals surface area contributed by atoms with Crippen molar-refractivity contribution in [1.82, 2.24) is 4.98 Å². The summed E-state index contributed by atoms with van der Waals surface area (Å²) in [6.07, 6.45) is 4.01. The van der Waals surface area contributed by atoms with Gasteiger partial charge in [0.15, 0.2) is 0 Å². The number of hydrogen-bond donors (Lipinski definition) is 2. The van der Waals surface area contributed by atoms with E-state index in [0.29, 0.717) is 0 Å². The van der Waals surface area contributed by atoms with Crippen molar-refractivity contribution in [2.45, 2.75) is 19.8 Å². The topological polar surface area (TPSA) is 62.4 Å². The van der Waals surface area contributed by atoms with Crippen LogP contribution in [0.15, 0.2) is 30.5 Å². The summed E-state index contributed by atoms with van der Waals surface area (Å²) >= 11 is 0. The number of phenolic OH excluding ortho intramolecular Hbond substituents is 1. The summed E-state index contributed by atoms with van der Waals surface area (Å²) in [5.41, 5.74) is 6.12. The molecule has 0 saturated carbocycles. The Balaban J connectivity index is 1.93. The fourth-order valence-electron chi connectivity index (χ4n) is 2.86. The van der Waals surface area contributed by atoms with Crippen molar-refractivity contribution in [2.24, 2.45) is 11.1 Å². The van der Waals surface area contributed by atoms with E-state index in [0.717, 1.165) is 49.1 Å². The van der Waals surface area contributed by atoms with Crippen molar-refractivity contribution in [3.63, 3.8) is 0 Å². The molecule has 2 aromatic rings. The van der Waals surface area contributed by atoms with Gasteiger partial charge >= 0.3 is 0 Å². The van der Waals surface area contributed by atoms with Crippen molar-refractivity contribution in [3.8, 4) is 5.75 Å². The van der Waals surface area contributed by atoms with Gasteiger partial charge in [-0.05, 0) is 48.4 Å². The van der Waals surface area contributed by atoms with Crippen LogP contribution in [-0.2, 0) is 0 Å². The molecule has 1 fully saturated rings. The number of nitrogens with zero attached hydrogens (tertiary/aromatic N) is 2. The summed E-state index contributed by atoms with van der Waals surface area (Å²) in [5.74, 6) is 1.26. The lowest BCUT2D eigenvalue weighted by Crippen LogP contribution is -2.42. The maximum atomic E-state index is 9.71. The van der Waals surface area contributed by atoms with Crippen molar-refractivity contribution >= 4 is 16.6 Å². The number of nitrogens with two attached hydrogens (primary N) is 1. The minimum absolute atomic E-state index is 0.253. The standard InChI is InChI=1S/C16H21N3O/c1-16(11-17)5-8-19(9-6-16)15-14-10-13(20)3-2-12(14)4-7-18-15/h2-4,7,10,20H,5-6,8-9,11,17H2,1H3. The van der Waals surface area contributed by atoms with Crippen LogP contribution in [0.2, 0.25) is 0 Å². The lowest BCUT2D eigenvalue weighted by molar-refractivity contribution is 0.258. The summed E-state index contributed by atoms with van der Waals surface area (Å²) in [6.45, 7) is 4.93. The number of rotatable bonds is 2. The van der Waals surface area contributed by atoms with Crippen LogP contribution in [-0.4, -0.2) is 29.7 Å². The first kappa shape index (κ1) is 13.2. The third kappa shape index (κ3) is 2.31. The van der Waals surface area contributed by atoms with Gasteiger partial charge in [-0.2, -0.15) is 0 Å². The zero-order valence-corrected chi connectivity index (χ0v) is 11.8. The van der Waals surface area contributed by atoms with Gasteiger partial charge in [0.05, 0.1) is 0 Å². The highest BCUT2D eigenvalue weighted by Gasteiger charge is 2.29. The average molecular weight is 271 g/mol. The molecule has 0 aliphatic carbocycles. The van der Waals surface area contributed by atoms with E-state index in [2.05, 4.69) is 16.8 Å². The largest absolute Gasteiger partial charge is 0.508 e. The zero-order chi connectivity index (χ0) is 14.2. The third-order valence-corrected chi connectivity index (χ3v) is 4.49. The van der Waals surface area contributed by atoms with Gasteiger partial charge in [-0.1, -0.05) is 13.0 Å². The molecule has 0 spiro atoms. The molecule has 0 unspecified atom stereocenters. The molecule has 3 rings (SSSR count). The van der Waals surface area contributed by atoms with Gasteiger partial charge in [0.25, 0.3) is 0 Å². The smallest absolute Gasteiger partial charge is 0.136 e. The first-order valence-electron chi connectivity index (χ1n) is 7.14. The van der Waals surface area contributed by atoms with Crippen LogP contribution in [0.3, 0.4) is 0 Å². The first-order valence-corrected chi connectivity index (χ1v) is 7.14. The van der Waals surface area contributed by atoms with Crippen molar-refractivity contribution in [1.29, 1.82) is 0 Å². The maximum absolute atomic E-state index is 9.71. The fourth-order valence-corrected chi connectivity index (χ4v) is 2.86. The van der Waals surface area contributed by atoms with Crippen LogP contribution in [0.5, 0.6) is 5.75 Å². The number of hydrogen-bond acceptors (Lipinski definition) is 4. The molecule has 3 N–H and O–H groups in total. The van der Waals surface area contributed by atoms with E-state index in [1.807, 2.05) is 18.3 Å². The summed E-state index contributed by atoms with van der Waals surface area (Å²) < 4.78 is 0. The van der Waals surface area contributed by atoms with Crippen LogP contribution in [0.25, 0.3) is 10.8 Å². The van der Waals surface area contributed by atoms with Gasteiger partial charge in [-0.25, -0.2) is 4.98 Å². The summed E-state index contributed by atoms with van der Waals surface area (Å²) in [4.78, 5) is 6.83. The van der Waals surface area contributed by atoms with Gasteiger partial charge in [-0.15, -0.1) is 0 Å². The third-order valence-electron chi connectivity index (χ3n) is 4.49. The molecule has 1 aliphatic heterocycles. The van der Waals surface area contributed by atoms with Crippen molar-refractivity contribution < 1.29 is 5.11 Å². The monoisotopic (exact) mass is 271 g/mol. The lowest BCUT2D eigenvalue weighted by Gasteiger charge is -2.39. The number of phenols is 1. The Hall–Kier alpha value is -1.81. The molecule has 2 heterocycles. The summed E-state index contributed by atoms with van der Waals surface area (Å²) in [7, 11) is 0. The van der Waals surface area contributed by atoms with Crippen LogP contribution in [0.4, 0.5) is 5.82 Å². The van der Waals surface area contributed by atoms with Gasteiger partial charge in [-0.3, -0.25) is 0 Å². The molecule has 4 nitrogen and oxygen atoms in total. The van der Waals surface area contributed by atoms with E-state index in [-0.39, 0.29) is 11.2 Å². The second-order valence-corrected chi connectivity index (χ2v) is 6.04. The molecule has 106 valence electrons. The zero-order valence-electron chi connectivity index (χ0n) is 11.8. The quantitative estimate of drug-likeness (QED) is 0.881. The van der Waals surface area contributed by atoms with Gasteiger partial charge in [0, 0.05) is 24.7 Å². The molecular weight excluding hydrogens is 250 g/mol. The summed E-state index contributed by atoms with van der Waals surface area (Å²) in [6, 6.07) is 7.43. The highest BCUT2D eigenvalue weighted by atomic mass is 16.3. The second kappa shape index (κ2) is 4.94. The number of benzene rings is 1. The van der Waals surface area contributed by atoms with Gasteiger partial charge < -0.3 is 15.7 Å². The predicted octanol–water partition coefficient (Wildman–Crippen LogP) is 2.51. The Kier molecular flexibility index (Phi) is 3.26. The van der Waals surface area contributed by atoms with Gasteiger partial charge in [0.1, 0.15) is 11.6 Å².